The summed E-state index contributed by atoms with van der Waals surface area (Å²) in [5, 5.41) is 3.64. The Bertz CT molecular complexity index is 258. The first-order chi connectivity index (χ1) is 8.59. The highest BCUT2D eigenvalue weighted by atomic mass is 16.5. The summed E-state index contributed by atoms with van der Waals surface area (Å²) in [4.78, 5) is 0. The first-order valence-corrected chi connectivity index (χ1v) is 7.56. The highest BCUT2D eigenvalue weighted by molar-refractivity contribution is 5.13. The summed E-state index contributed by atoms with van der Waals surface area (Å²) in [6, 6.07) is 0.489. The van der Waals surface area contributed by atoms with Crippen LogP contribution in [0.5, 0.6) is 0 Å². The third-order valence-electron chi connectivity index (χ3n) is 3.97. The molecule has 0 aliphatic heterocycles. The predicted molar refractivity (Wildman–Crippen MR) is 79.0 cm³/mol. The van der Waals surface area contributed by atoms with Crippen LogP contribution in [-0.4, -0.2) is 25.3 Å². The van der Waals surface area contributed by atoms with Crippen LogP contribution >= 0.6 is 0 Å². The topological polar surface area (TPSA) is 21.3 Å². The number of hydrogen-bond acceptors (Lipinski definition) is 2. The highest BCUT2D eigenvalue weighted by Gasteiger charge is 2.24. The van der Waals surface area contributed by atoms with Crippen molar-refractivity contribution >= 4 is 0 Å². The van der Waals surface area contributed by atoms with Crippen molar-refractivity contribution in [2.45, 2.75) is 77.4 Å². The zero-order chi connectivity index (χ0) is 13.4. The molecule has 0 fully saturated rings. The lowest BCUT2D eigenvalue weighted by Crippen LogP contribution is -2.39. The van der Waals surface area contributed by atoms with Gasteiger partial charge < -0.3 is 10.1 Å². The molecule has 1 atom stereocenters. The maximum absolute atomic E-state index is 5.59. The summed E-state index contributed by atoms with van der Waals surface area (Å²) in [6.45, 7) is 7.58. The smallest absolute Gasteiger partial charge is 0.0640 e. The monoisotopic (exact) mass is 253 g/mol. The summed E-state index contributed by atoms with van der Waals surface area (Å²) in [6.07, 6.45) is 11.6. The van der Waals surface area contributed by atoms with Gasteiger partial charge in [0.05, 0.1) is 5.60 Å². The molecule has 0 aromatic carbocycles. The number of rotatable bonds is 6. The Kier molecular flexibility index (Phi) is 6.95. The molecule has 0 radical (unpaired) electrons. The van der Waals surface area contributed by atoms with Gasteiger partial charge in [-0.2, -0.15) is 0 Å². The molecule has 0 aromatic rings. The molecule has 0 saturated carbocycles. The van der Waals surface area contributed by atoms with E-state index in [2.05, 4.69) is 32.2 Å². The van der Waals surface area contributed by atoms with Crippen molar-refractivity contribution in [1.82, 2.24) is 5.32 Å². The van der Waals surface area contributed by atoms with Crippen molar-refractivity contribution in [2.75, 3.05) is 13.7 Å². The molecule has 1 rings (SSSR count). The number of methoxy groups -OCH3 is 1. The van der Waals surface area contributed by atoms with E-state index in [0.717, 1.165) is 13.0 Å². The van der Waals surface area contributed by atoms with Crippen LogP contribution in [0.4, 0.5) is 0 Å². The minimum Gasteiger partial charge on any atom is -0.379 e. The quantitative estimate of drug-likeness (QED) is 0.721. The Morgan fingerprint density at radius 2 is 2.00 bits per heavy atom. The lowest BCUT2D eigenvalue weighted by Gasteiger charge is -2.31. The average molecular weight is 253 g/mol. The molecule has 1 N–H and O–H groups in total. The predicted octanol–water partition coefficient (Wildman–Crippen LogP) is 4.06. The van der Waals surface area contributed by atoms with Crippen LogP contribution in [0.2, 0.25) is 0 Å². The van der Waals surface area contributed by atoms with E-state index >= 15 is 0 Å². The first-order valence-electron chi connectivity index (χ1n) is 7.56. The van der Waals surface area contributed by atoms with Crippen LogP contribution in [0.25, 0.3) is 0 Å². The van der Waals surface area contributed by atoms with E-state index in [1.165, 1.54) is 38.5 Å². The summed E-state index contributed by atoms with van der Waals surface area (Å²) in [5.41, 5.74) is 1.57. The lowest BCUT2D eigenvalue weighted by molar-refractivity contribution is 0.00973. The standard InChI is InChI=1S/C16H31NO/c1-5-17-15(13-16(2,3)18-4)14-11-9-7-6-8-10-12-14/h11,15,17H,5-10,12-13H2,1-4H3. The van der Waals surface area contributed by atoms with E-state index in [4.69, 9.17) is 4.74 Å². The third kappa shape index (κ3) is 5.53. The molecule has 106 valence electrons. The minimum absolute atomic E-state index is 0.0456. The molecule has 0 spiro atoms. The minimum atomic E-state index is -0.0456. The Labute approximate surface area is 113 Å². The third-order valence-corrected chi connectivity index (χ3v) is 3.97. The molecular weight excluding hydrogens is 222 g/mol. The zero-order valence-corrected chi connectivity index (χ0v) is 12.7. The van der Waals surface area contributed by atoms with Gasteiger partial charge >= 0.3 is 0 Å². The molecule has 1 unspecified atom stereocenters. The molecule has 2 heteroatoms. The van der Waals surface area contributed by atoms with Crippen LogP contribution in [0, 0.1) is 0 Å². The van der Waals surface area contributed by atoms with E-state index in [-0.39, 0.29) is 5.60 Å². The molecule has 18 heavy (non-hydrogen) atoms. The molecule has 2 nitrogen and oxygen atoms in total. The van der Waals surface area contributed by atoms with Crippen molar-refractivity contribution in [3.8, 4) is 0 Å². The second-order valence-corrected chi connectivity index (χ2v) is 6.01. The second kappa shape index (κ2) is 7.96. The summed E-state index contributed by atoms with van der Waals surface area (Å²) in [7, 11) is 1.81. The number of ether oxygens (including phenoxy) is 1. The number of allylic oxidation sites excluding steroid dienone is 1. The number of likely N-dealkylation sites (N-methyl/N-ethyl adjacent to an activating group) is 1. The van der Waals surface area contributed by atoms with Gasteiger partial charge in [-0.1, -0.05) is 31.4 Å². The molecule has 0 bridgehead atoms. The maximum Gasteiger partial charge on any atom is 0.0640 e. The average Bonchev–Trinajstić information content (AvgIpc) is 2.28. The molecule has 1 aliphatic carbocycles. The van der Waals surface area contributed by atoms with Gasteiger partial charge in [0.15, 0.2) is 0 Å². The van der Waals surface area contributed by atoms with Crippen LogP contribution in [0.3, 0.4) is 0 Å². The van der Waals surface area contributed by atoms with Gasteiger partial charge in [0, 0.05) is 13.2 Å². The van der Waals surface area contributed by atoms with Crippen molar-refractivity contribution < 1.29 is 4.74 Å². The molecule has 1 aliphatic rings. The van der Waals surface area contributed by atoms with E-state index < -0.39 is 0 Å². The van der Waals surface area contributed by atoms with Crippen molar-refractivity contribution in [3.63, 3.8) is 0 Å². The van der Waals surface area contributed by atoms with Gasteiger partial charge in [0.2, 0.25) is 0 Å². The van der Waals surface area contributed by atoms with Gasteiger partial charge in [-0.15, -0.1) is 0 Å². The molecule has 0 heterocycles. The fourth-order valence-corrected chi connectivity index (χ4v) is 2.69. The molecule has 0 amide bonds. The first kappa shape index (κ1) is 15.7. The molecule has 0 saturated heterocycles. The van der Waals surface area contributed by atoms with Crippen LogP contribution < -0.4 is 5.32 Å². The second-order valence-electron chi connectivity index (χ2n) is 6.01. The van der Waals surface area contributed by atoms with Crippen molar-refractivity contribution in [1.29, 1.82) is 0 Å². The highest BCUT2D eigenvalue weighted by Crippen LogP contribution is 2.25. The van der Waals surface area contributed by atoms with E-state index in [9.17, 15) is 0 Å². The van der Waals surface area contributed by atoms with Gasteiger partial charge in [-0.25, -0.2) is 0 Å². The number of hydrogen-bond donors (Lipinski definition) is 1. The summed E-state index contributed by atoms with van der Waals surface area (Å²) >= 11 is 0. The van der Waals surface area contributed by atoms with Gasteiger partial charge in [0.1, 0.15) is 0 Å². The molecule has 0 aromatic heterocycles. The fourth-order valence-electron chi connectivity index (χ4n) is 2.69. The maximum atomic E-state index is 5.59. The fraction of sp³-hybridized carbons (Fsp3) is 0.875. The van der Waals surface area contributed by atoms with Gasteiger partial charge in [-0.05, 0) is 52.5 Å². The number of nitrogens with one attached hydrogen (secondary N) is 1. The Morgan fingerprint density at radius 3 is 2.67 bits per heavy atom. The summed E-state index contributed by atoms with van der Waals surface area (Å²) in [5.74, 6) is 0. The normalized spacial score (nSPS) is 19.9. The SMILES string of the molecule is CCNC(CC(C)(C)OC)C1=CCCCCCC1. The van der Waals surface area contributed by atoms with Gasteiger partial charge in [-0.3, -0.25) is 0 Å². The Hall–Kier alpha value is -0.340. The van der Waals surface area contributed by atoms with E-state index in [1.54, 1.807) is 5.57 Å². The van der Waals surface area contributed by atoms with Crippen molar-refractivity contribution in [3.05, 3.63) is 11.6 Å². The lowest BCUT2D eigenvalue weighted by atomic mass is 9.88. The largest absolute Gasteiger partial charge is 0.379 e. The zero-order valence-electron chi connectivity index (χ0n) is 12.7. The van der Waals surface area contributed by atoms with Crippen LogP contribution in [0.15, 0.2) is 11.6 Å². The Balaban J connectivity index is 2.69. The van der Waals surface area contributed by atoms with Crippen LogP contribution in [-0.2, 0) is 4.74 Å². The van der Waals surface area contributed by atoms with Gasteiger partial charge in [0.25, 0.3) is 0 Å². The molecular formula is C16H31NO. The van der Waals surface area contributed by atoms with E-state index in [0.29, 0.717) is 6.04 Å². The Morgan fingerprint density at radius 1 is 1.28 bits per heavy atom. The van der Waals surface area contributed by atoms with E-state index in [1.807, 2.05) is 7.11 Å². The van der Waals surface area contributed by atoms with Crippen molar-refractivity contribution in [2.24, 2.45) is 0 Å². The summed E-state index contributed by atoms with van der Waals surface area (Å²) < 4.78 is 5.59. The van der Waals surface area contributed by atoms with Crippen LogP contribution in [0.1, 0.15) is 65.7 Å².